The van der Waals surface area contributed by atoms with Crippen molar-refractivity contribution in [2.45, 2.75) is 51.3 Å². The Morgan fingerprint density at radius 2 is 2.00 bits per heavy atom. The first kappa shape index (κ1) is 18.2. The lowest BCUT2D eigenvalue weighted by atomic mass is 10.2. The maximum absolute atomic E-state index is 12.3. The Hall–Kier alpha value is -1.83. The monoisotopic (exact) mass is 315 g/mol. The van der Waals surface area contributed by atoms with E-state index in [4.69, 9.17) is 9.84 Å². The molecule has 22 heavy (non-hydrogen) atoms. The van der Waals surface area contributed by atoms with E-state index in [9.17, 15) is 14.4 Å². The lowest BCUT2D eigenvalue weighted by Crippen LogP contribution is -2.54. The van der Waals surface area contributed by atoms with Crippen molar-refractivity contribution >= 4 is 17.9 Å². The molecule has 126 valence electrons. The standard InChI is InChI=1S/C14H25N3O5/c1-14(2,3)22-13(21)17-7-5-6-10(17)12(20)16-9(8-18)11(19)15-4/h9-10,18H,5-8H2,1-4H3,(H,15,19)(H,16,20). The molecule has 1 aliphatic heterocycles. The topological polar surface area (TPSA) is 108 Å². The predicted molar refractivity (Wildman–Crippen MR) is 79.0 cm³/mol. The fraction of sp³-hybridized carbons (Fsp3) is 0.786. The van der Waals surface area contributed by atoms with Crippen LogP contribution in [-0.4, -0.2) is 65.8 Å². The number of nitrogens with zero attached hydrogens (tertiary/aromatic N) is 1. The first-order valence-electron chi connectivity index (χ1n) is 7.32. The van der Waals surface area contributed by atoms with Gasteiger partial charge in [0.15, 0.2) is 0 Å². The van der Waals surface area contributed by atoms with Crippen LogP contribution in [0.1, 0.15) is 33.6 Å². The van der Waals surface area contributed by atoms with Crippen molar-refractivity contribution in [3.05, 3.63) is 0 Å². The number of ether oxygens (including phenoxy) is 1. The molecule has 0 aromatic heterocycles. The summed E-state index contributed by atoms with van der Waals surface area (Å²) in [6.45, 7) is 5.18. The highest BCUT2D eigenvalue weighted by Crippen LogP contribution is 2.21. The highest BCUT2D eigenvalue weighted by molar-refractivity contribution is 5.91. The van der Waals surface area contributed by atoms with E-state index >= 15 is 0 Å². The van der Waals surface area contributed by atoms with Crippen LogP contribution in [0.15, 0.2) is 0 Å². The van der Waals surface area contributed by atoms with Gasteiger partial charge in [-0.1, -0.05) is 0 Å². The largest absolute Gasteiger partial charge is 0.444 e. The van der Waals surface area contributed by atoms with Gasteiger partial charge in [-0.3, -0.25) is 14.5 Å². The van der Waals surface area contributed by atoms with Gasteiger partial charge in [0.05, 0.1) is 6.61 Å². The maximum atomic E-state index is 12.3. The molecule has 3 amide bonds. The molecule has 0 aromatic rings. The van der Waals surface area contributed by atoms with E-state index in [1.54, 1.807) is 20.8 Å². The van der Waals surface area contributed by atoms with Crippen molar-refractivity contribution in [2.24, 2.45) is 0 Å². The summed E-state index contributed by atoms with van der Waals surface area (Å²) >= 11 is 0. The minimum absolute atomic E-state index is 0.427. The summed E-state index contributed by atoms with van der Waals surface area (Å²) in [6, 6.07) is -1.72. The SMILES string of the molecule is CNC(=O)C(CO)NC(=O)C1CCCN1C(=O)OC(C)(C)C. The molecule has 3 N–H and O–H groups in total. The number of hydrogen-bond donors (Lipinski definition) is 3. The molecule has 8 nitrogen and oxygen atoms in total. The zero-order valence-corrected chi connectivity index (χ0v) is 13.5. The second-order valence-corrected chi connectivity index (χ2v) is 6.19. The van der Waals surface area contributed by atoms with Crippen molar-refractivity contribution in [1.29, 1.82) is 0 Å². The molecule has 2 atom stereocenters. The summed E-state index contributed by atoms with van der Waals surface area (Å²) in [7, 11) is 1.42. The number of rotatable bonds is 4. The molecular formula is C14H25N3O5. The van der Waals surface area contributed by atoms with Crippen LogP contribution in [-0.2, 0) is 14.3 Å². The van der Waals surface area contributed by atoms with Crippen molar-refractivity contribution in [1.82, 2.24) is 15.5 Å². The molecule has 0 aliphatic carbocycles. The van der Waals surface area contributed by atoms with Gasteiger partial charge >= 0.3 is 6.09 Å². The third-order valence-electron chi connectivity index (χ3n) is 3.25. The average Bonchev–Trinajstić information content (AvgIpc) is 2.91. The molecule has 8 heteroatoms. The zero-order chi connectivity index (χ0) is 16.9. The number of likely N-dealkylation sites (tertiary alicyclic amines) is 1. The van der Waals surface area contributed by atoms with Gasteiger partial charge in [0, 0.05) is 13.6 Å². The molecule has 0 saturated carbocycles. The Morgan fingerprint density at radius 3 is 2.50 bits per heavy atom. The van der Waals surface area contributed by atoms with Crippen LogP contribution in [0.25, 0.3) is 0 Å². The van der Waals surface area contributed by atoms with E-state index in [-0.39, 0.29) is 0 Å². The number of carbonyl (C=O) groups is 3. The van der Waals surface area contributed by atoms with Crippen LogP contribution in [0.5, 0.6) is 0 Å². The smallest absolute Gasteiger partial charge is 0.410 e. The summed E-state index contributed by atoms with van der Waals surface area (Å²) in [5.41, 5.74) is -0.642. The Morgan fingerprint density at radius 1 is 1.36 bits per heavy atom. The van der Waals surface area contributed by atoms with Gasteiger partial charge < -0.3 is 20.5 Å². The minimum atomic E-state index is -1.03. The lowest BCUT2D eigenvalue weighted by Gasteiger charge is -2.28. The normalized spacial score (nSPS) is 19.5. The summed E-state index contributed by atoms with van der Waals surface area (Å²) in [6.07, 6.45) is 0.628. The van der Waals surface area contributed by atoms with E-state index in [1.807, 2.05) is 0 Å². The summed E-state index contributed by atoms with van der Waals surface area (Å²) in [5, 5.41) is 14.0. The Balaban J connectivity index is 2.71. The first-order chi connectivity index (χ1) is 10.2. The van der Waals surface area contributed by atoms with Crippen LogP contribution < -0.4 is 10.6 Å². The Bertz CT molecular complexity index is 433. The van der Waals surface area contributed by atoms with E-state index in [0.29, 0.717) is 19.4 Å². The molecule has 1 aliphatic rings. The van der Waals surface area contributed by atoms with E-state index in [2.05, 4.69) is 10.6 Å². The van der Waals surface area contributed by atoms with Crippen molar-refractivity contribution in [3.8, 4) is 0 Å². The van der Waals surface area contributed by atoms with Crippen LogP contribution in [0, 0.1) is 0 Å². The Kier molecular flexibility index (Phi) is 6.16. The number of aliphatic hydroxyl groups excluding tert-OH is 1. The summed E-state index contributed by atoms with van der Waals surface area (Å²) in [5.74, 6) is -0.955. The van der Waals surface area contributed by atoms with E-state index in [1.165, 1.54) is 11.9 Å². The molecule has 0 aromatic carbocycles. The number of hydrogen-bond acceptors (Lipinski definition) is 5. The van der Waals surface area contributed by atoms with Gasteiger partial charge in [-0.2, -0.15) is 0 Å². The lowest BCUT2D eigenvalue weighted by molar-refractivity contribution is -0.132. The molecular weight excluding hydrogens is 290 g/mol. The van der Waals surface area contributed by atoms with Crippen LogP contribution in [0.2, 0.25) is 0 Å². The quantitative estimate of drug-likeness (QED) is 0.655. The van der Waals surface area contributed by atoms with Gasteiger partial charge in [-0.15, -0.1) is 0 Å². The molecule has 1 saturated heterocycles. The number of likely N-dealkylation sites (N-methyl/N-ethyl adjacent to an activating group) is 1. The molecule has 1 heterocycles. The van der Waals surface area contributed by atoms with E-state index < -0.39 is 42.2 Å². The third-order valence-corrected chi connectivity index (χ3v) is 3.25. The van der Waals surface area contributed by atoms with Crippen molar-refractivity contribution < 1.29 is 24.2 Å². The van der Waals surface area contributed by atoms with Gasteiger partial charge in [-0.05, 0) is 33.6 Å². The van der Waals surface area contributed by atoms with Crippen molar-refractivity contribution in [3.63, 3.8) is 0 Å². The average molecular weight is 315 g/mol. The zero-order valence-electron chi connectivity index (χ0n) is 13.5. The van der Waals surface area contributed by atoms with Crippen LogP contribution in [0.3, 0.4) is 0 Å². The Labute approximate surface area is 130 Å². The fourth-order valence-electron chi connectivity index (χ4n) is 2.21. The summed E-state index contributed by atoms with van der Waals surface area (Å²) in [4.78, 5) is 37.2. The predicted octanol–water partition coefficient (Wildman–Crippen LogP) is -0.391. The highest BCUT2D eigenvalue weighted by Gasteiger charge is 2.37. The highest BCUT2D eigenvalue weighted by atomic mass is 16.6. The van der Waals surface area contributed by atoms with Crippen molar-refractivity contribution in [2.75, 3.05) is 20.2 Å². The molecule has 0 spiro atoms. The molecule has 1 fully saturated rings. The van der Waals surface area contributed by atoms with Crippen LogP contribution >= 0.6 is 0 Å². The number of carbonyl (C=O) groups excluding carboxylic acids is 3. The second kappa shape index (κ2) is 7.44. The van der Waals surface area contributed by atoms with Gasteiger partial charge in [-0.25, -0.2) is 4.79 Å². The first-order valence-corrected chi connectivity index (χ1v) is 7.32. The molecule has 0 bridgehead atoms. The van der Waals surface area contributed by atoms with Gasteiger partial charge in [0.25, 0.3) is 0 Å². The summed E-state index contributed by atoms with van der Waals surface area (Å²) < 4.78 is 5.28. The number of aliphatic hydroxyl groups is 1. The van der Waals surface area contributed by atoms with E-state index in [0.717, 1.165) is 0 Å². The number of nitrogens with one attached hydrogen (secondary N) is 2. The van der Waals surface area contributed by atoms with Gasteiger partial charge in [0.1, 0.15) is 17.7 Å². The van der Waals surface area contributed by atoms with Gasteiger partial charge in [0.2, 0.25) is 11.8 Å². The molecule has 1 rings (SSSR count). The van der Waals surface area contributed by atoms with Crippen LogP contribution in [0.4, 0.5) is 4.79 Å². The third kappa shape index (κ3) is 4.87. The fourth-order valence-corrected chi connectivity index (χ4v) is 2.21. The number of amides is 3. The minimum Gasteiger partial charge on any atom is -0.444 e. The molecule has 0 radical (unpaired) electrons. The second-order valence-electron chi connectivity index (χ2n) is 6.19. The molecule has 2 unspecified atom stereocenters. The maximum Gasteiger partial charge on any atom is 0.410 e.